The minimum absolute atomic E-state index is 0.222. The number of hydrogen-bond donors (Lipinski definition) is 1. The number of hydrogen-bond acceptors (Lipinski definition) is 4. The lowest BCUT2D eigenvalue weighted by Crippen LogP contribution is -2.13. The molecule has 0 saturated heterocycles. The zero-order valence-electron chi connectivity index (χ0n) is 12.1. The van der Waals surface area contributed by atoms with Gasteiger partial charge >= 0.3 is 0 Å². The van der Waals surface area contributed by atoms with Crippen molar-refractivity contribution in [3.63, 3.8) is 0 Å². The Hall–Kier alpha value is -2.07. The Morgan fingerprint density at radius 2 is 1.90 bits per heavy atom. The average Bonchev–Trinajstić information content (AvgIpc) is 2.49. The zero-order valence-corrected chi connectivity index (χ0v) is 12.1. The second kappa shape index (κ2) is 6.91. The molecule has 1 heterocycles. The molecule has 0 amide bonds. The van der Waals surface area contributed by atoms with Crippen LogP contribution < -0.4 is 14.8 Å². The second-order valence-corrected chi connectivity index (χ2v) is 4.41. The summed E-state index contributed by atoms with van der Waals surface area (Å²) in [4.78, 5) is 4.39. The Balaban J connectivity index is 2.14. The van der Waals surface area contributed by atoms with E-state index in [0.717, 1.165) is 11.4 Å². The van der Waals surface area contributed by atoms with Crippen LogP contribution in [0.2, 0.25) is 0 Å². The third-order valence-corrected chi connectivity index (χ3v) is 3.01. The molecule has 0 aliphatic heterocycles. The summed E-state index contributed by atoms with van der Waals surface area (Å²) in [6.45, 7) is 4.62. The molecule has 1 aromatic carbocycles. The molecule has 4 heteroatoms. The van der Waals surface area contributed by atoms with Gasteiger partial charge in [-0.2, -0.15) is 0 Å². The quantitative estimate of drug-likeness (QED) is 0.873. The first-order valence-corrected chi connectivity index (χ1v) is 6.77. The zero-order chi connectivity index (χ0) is 14.4. The molecule has 106 valence electrons. The highest BCUT2D eigenvalue weighted by molar-refractivity contribution is 5.42. The fourth-order valence-electron chi connectivity index (χ4n) is 1.79. The molecule has 0 aliphatic rings. The highest BCUT2D eigenvalue weighted by Crippen LogP contribution is 2.31. The number of benzene rings is 1. The van der Waals surface area contributed by atoms with Gasteiger partial charge in [-0.05, 0) is 45.2 Å². The Bertz CT molecular complexity index is 540. The van der Waals surface area contributed by atoms with Crippen LogP contribution in [-0.4, -0.2) is 18.6 Å². The molecule has 20 heavy (non-hydrogen) atoms. The maximum atomic E-state index is 5.82. The molecule has 2 aromatic rings. The van der Waals surface area contributed by atoms with Crippen LogP contribution in [0.25, 0.3) is 0 Å². The lowest BCUT2D eigenvalue weighted by atomic mass is 10.2. The van der Waals surface area contributed by atoms with Crippen molar-refractivity contribution in [2.45, 2.75) is 19.9 Å². The first-order chi connectivity index (χ1) is 9.74. The van der Waals surface area contributed by atoms with Crippen LogP contribution in [0.3, 0.4) is 0 Å². The van der Waals surface area contributed by atoms with Crippen molar-refractivity contribution < 1.29 is 9.47 Å². The summed E-state index contributed by atoms with van der Waals surface area (Å²) < 4.78 is 11.4. The van der Waals surface area contributed by atoms with Crippen molar-refractivity contribution in [2.24, 2.45) is 0 Å². The molecule has 1 atom stereocenters. The molecule has 1 aromatic heterocycles. The highest BCUT2D eigenvalue weighted by atomic mass is 16.5. The minimum Gasteiger partial charge on any atom is -0.490 e. The fraction of sp³-hybridized carbons (Fsp3) is 0.312. The Morgan fingerprint density at radius 1 is 1.15 bits per heavy atom. The van der Waals surface area contributed by atoms with Crippen molar-refractivity contribution in [1.82, 2.24) is 10.3 Å². The van der Waals surface area contributed by atoms with Gasteiger partial charge in [0.1, 0.15) is 5.75 Å². The van der Waals surface area contributed by atoms with E-state index in [-0.39, 0.29) is 6.04 Å². The predicted octanol–water partition coefficient (Wildman–Crippen LogP) is 3.55. The smallest absolute Gasteiger partial charge is 0.169 e. The molecule has 0 saturated carbocycles. The Labute approximate surface area is 119 Å². The van der Waals surface area contributed by atoms with Gasteiger partial charge < -0.3 is 14.8 Å². The number of rotatable bonds is 6. The van der Waals surface area contributed by atoms with E-state index < -0.39 is 0 Å². The molecular weight excluding hydrogens is 252 g/mol. The van der Waals surface area contributed by atoms with Crippen molar-refractivity contribution in [3.05, 3.63) is 48.3 Å². The third-order valence-electron chi connectivity index (χ3n) is 3.01. The van der Waals surface area contributed by atoms with E-state index in [4.69, 9.17) is 9.47 Å². The molecular formula is C16H20N2O2. The molecule has 0 aliphatic carbocycles. The van der Waals surface area contributed by atoms with Crippen molar-refractivity contribution >= 4 is 0 Å². The average molecular weight is 272 g/mol. The molecule has 0 bridgehead atoms. The van der Waals surface area contributed by atoms with Crippen molar-refractivity contribution in [1.29, 1.82) is 0 Å². The molecule has 1 N–H and O–H groups in total. The van der Waals surface area contributed by atoms with Gasteiger partial charge in [0.15, 0.2) is 11.5 Å². The fourth-order valence-corrected chi connectivity index (χ4v) is 1.79. The number of nitrogens with zero attached hydrogens (tertiary/aromatic N) is 1. The highest BCUT2D eigenvalue weighted by Gasteiger charge is 2.07. The summed E-state index contributed by atoms with van der Waals surface area (Å²) in [7, 11) is 1.91. The summed E-state index contributed by atoms with van der Waals surface area (Å²) in [5.74, 6) is 2.14. The standard InChI is InChI=1S/C16H20N2O2/c1-4-19-15-7-5-6-8-16(15)20-13-9-10-14(18-11-13)12(2)17-3/h5-12,17H,4H2,1-3H3. The number of ether oxygens (including phenoxy) is 2. The van der Waals surface area contributed by atoms with Gasteiger partial charge in [0, 0.05) is 6.04 Å². The summed E-state index contributed by atoms with van der Waals surface area (Å²) >= 11 is 0. The van der Waals surface area contributed by atoms with Crippen LogP contribution in [0.1, 0.15) is 25.6 Å². The third kappa shape index (κ3) is 3.48. The maximum absolute atomic E-state index is 5.82. The van der Waals surface area contributed by atoms with Gasteiger partial charge in [0.25, 0.3) is 0 Å². The summed E-state index contributed by atoms with van der Waals surface area (Å²) in [5.41, 5.74) is 0.984. The van der Waals surface area contributed by atoms with E-state index in [9.17, 15) is 0 Å². The van der Waals surface area contributed by atoms with E-state index in [1.807, 2.05) is 50.4 Å². The van der Waals surface area contributed by atoms with Gasteiger partial charge in [-0.15, -0.1) is 0 Å². The van der Waals surface area contributed by atoms with Gasteiger partial charge in [0.05, 0.1) is 18.5 Å². The Morgan fingerprint density at radius 3 is 2.50 bits per heavy atom. The summed E-state index contributed by atoms with van der Waals surface area (Å²) in [6, 6.07) is 11.7. The monoisotopic (exact) mass is 272 g/mol. The SMILES string of the molecule is CCOc1ccccc1Oc1ccc(C(C)NC)nc1. The maximum Gasteiger partial charge on any atom is 0.169 e. The van der Waals surface area contributed by atoms with Crippen LogP contribution in [-0.2, 0) is 0 Å². The normalized spacial score (nSPS) is 11.9. The van der Waals surface area contributed by atoms with E-state index in [1.54, 1.807) is 6.20 Å². The van der Waals surface area contributed by atoms with Crippen LogP contribution in [0.5, 0.6) is 17.2 Å². The first kappa shape index (κ1) is 14.3. The van der Waals surface area contributed by atoms with E-state index in [1.165, 1.54) is 0 Å². The molecule has 4 nitrogen and oxygen atoms in total. The molecule has 0 fully saturated rings. The van der Waals surface area contributed by atoms with Crippen LogP contribution in [0.4, 0.5) is 0 Å². The van der Waals surface area contributed by atoms with Crippen LogP contribution in [0, 0.1) is 0 Å². The lowest BCUT2D eigenvalue weighted by molar-refractivity contribution is 0.321. The predicted molar refractivity (Wildman–Crippen MR) is 79.4 cm³/mol. The molecule has 0 radical (unpaired) electrons. The Kier molecular flexibility index (Phi) is 4.96. The number of nitrogens with one attached hydrogen (secondary N) is 1. The minimum atomic E-state index is 0.222. The van der Waals surface area contributed by atoms with Gasteiger partial charge in [-0.3, -0.25) is 4.98 Å². The van der Waals surface area contributed by atoms with Gasteiger partial charge in [-0.25, -0.2) is 0 Å². The molecule has 2 rings (SSSR count). The second-order valence-electron chi connectivity index (χ2n) is 4.41. The van der Waals surface area contributed by atoms with Gasteiger partial charge in [-0.1, -0.05) is 12.1 Å². The van der Waals surface area contributed by atoms with Crippen molar-refractivity contribution in [2.75, 3.05) is 13.7 Å². The van der Waals surface area contributed by atoms with Crippen LogP contribution in [0.15, 0.2) is 42.6 Å². The first-order valence-electron chi connectivity index (χ1n) is 6.77. The lowest BCUT2D eigenvalue weighted by Gasteiger charge is -2.12. The topological polar surface area (TPSA) is 43.4 Å². The number of para-hydroxylation sites is 2. The van der Waals surface area contributed by atoms with Crippen LogP contribution >= 0.6 is 0 Å². The summed E-state index contributed by atoms with van der Waals surface area (Å²) in [6.07, 6.45) is 1.73. The largest absolute Gasteiger partial charge is 0.490 e. The van der Waals surface area contributed by atoms with E-state index in [0.29, 0.717) is 18.1 Å². The number of aromatic nitrogens is 1. The van der Waals surface area contributed by atoms with E-state index in [2.05, 4.69) is 17.2 Å². The summed E-state index contributed by atoms with van der Waals surface area (Å²) in [5, 5.41) is 3.15. The van der Waals surface area contributed by atoms with E-state index >= 15 is 0 Å². The molecule has 1 unspecified atom stereocenters. The number of pyridine rings is 1. The van der Waals surface area contributed by atoms with Crippen molar-refractivity contribution in [3.8, 4) is 17.2 Å². The van der Waals surface area contributed by atoms with Gasteiger partial charge in [0.2, 0.25) is 0 Å². The molecule has 0 spiro atoms.